The Morgan fingerprint density at radius 1 is 0.800 bits per heavy atom. The van der Waals surface area contributed by atoms with E-state index in [1.54, 1.807) is 23.5 Å². The number of thiophene rings is 1. The van der Waals surface area contributed by atoms with Crippen molar-refractivity contribution in [3.63, 3.8) is 0 Å². The first-order chi connectivity index (χ1) is 14.7. The molecule has 2 heterocycles. The average Bonchev–Trinajstić information content (AvgIpc) is 3.20. The molecule has 0 spiro atoms. The third-order valence-corrected chi connectivity index (χ3v) is 5.99. The highest BCUT2D eigenvalue weighted by Crippen LogP contribution is 2.27. The van der Waals surface area contributed by atoms with Gasteiger partial charge in [0.15, 0.2) is 0 Å². The van der Waals surface area contributed by atoms with Crippen LogP contribution in [-0.2, 0) is 13.1 Å². The molecule has 5 aromatic rings. The van der Waals surface area contributed by atoms with Gasteiger partial charge in [-0.15, -0.1) is 11.3 Å². The van der Waals surface area contributed by atoms with Crippen LogP contribution in [0.2, 0.25) is 0 Å². The Labute approximate surface area is 177 Å². The Bertz CT molecular complexity index is 1280. The van der Waals surface area contributed by atoms with Gasteiger partial charge in [0.05, 0.1) is 12.1 Å². The Morgan fingerprint density at radius 3 is 2.47 bits per heavy atom. The summed E-state index contributed by atoms with van der Waals surface area (Å²) in [5.41, 5.74) is 1.85. The highest BCUT2D eigenvalue weighted by atomic mass is 32.1. The molecule has 0 bridgehead atoms. The number of hydrogen-bond donors (Lipinski definition) is 2. The van der Waals surface area contributed by atoms with Crippen LogP contribution in [0, 0.1) is 5.82 Å². The van der Waals surface area contributed by atoms with Gasteiger partial charge < -0.3 is 10.6 Å². The Hall–Kier alpha value is -3.51. The van der Waals surface area contributed by atoms with Gasteiger partial charge in [0, 0.05) is 21.5 Å². The molecule has 0 fully saturated rings. The van der Waals surface area contributed by atoms with Crippen molar-refractivity contribution in [2.45, 2.75) is 13.1 Å². The van der Waals surface area contributed by atoms with Crippen molar-refractivity contribution in [1.82, 2.24) is 9.97 Å². The van der Waals surface area contributed by atoms with E-state index in [2.05, 4.69) is 45.9 Å². The first-order valence-corrected chi connectivity index (χ1v) is 10.5. The first kappa shape index (κ1) is 18.5. The Morgan fingerprint density at radius 2 is 1.60 bits per heavy atom. The van der Waals surface area contributed by atoms with E-state index in [1.165, 1.54) is 27.1 Å². The lowest BCUT2D eigenvalue weighted by atomic mass is 10.2. The molecule has 0 radical (unpaired) electrons. The molecular weight excluding hydrogens is 395 g/mol. The minimum absolute atomic E-state index is 0.237. The van der Waals surface area contributed by atoms with Gasteiger partial charge in [0.1, 0.15) is 11.6 Å². The second kappa shape index (κ2) is 8.08. The third kappa shape index (κ3) is 3.95. The Kier molecular flexibility index (Phi) is 4.99. The zero-order valence-corrected chi connectivity index (χ0v) is 16.9. The van der Waals surface area contributed by atoms with Gasteiger partial charge in [-0.1, -0.05) is 42.5 Å². The van der Waals surface area contributed by atoms with Crippen molar-refractivity contribution in [2.75, 3.05) is 10.6 Å². The van der Waals surface area contributed by atoms with Crippen molar-refractivity contribution in [3.05, 3.63) is 95.1 Å². The standard InChI is InChI=1S/C24H19FN4S/c25-18-11-9-16(10-12-18)14-26-23-20-6-2-3-7-21(20)28-24(29-23)27-15-19-13-17-5-1-4-8-22(17)30-19/h1-13H,14-15H2,(H2,26,27,28,29). The largest absolute Gasteiger partial charge is 0.365 e. The van der Waals surface area contributed by atoms with Crippen molar-refractivity contribution in [2.24, 2.45) is 0 Å². The van der Waals surface area contributed by atoms with Crippen LogP contribution >= 0.6 is 11.3 Å². The van der Waals surface area contributed by atoms with Crippen LogP contribution in [0.1, 0.15) is 10.4 Å². The van der Waals surface area contributed by atoms with E-state index < -0.39 is 0 Å². The van der Waals surface area contributed by atoms with Crippen molar-refractivity contribution >= 4 is 44.1 Å². The normalized spacial score (nSPS) is 11.1. The van der Waals surface area contributed by atoms with Crippen molar-refractivity contribution in [1.29, 1.82) is 0 Å². The zero-order valence-electron chi connectivity index (χ0n) is 16.1. The van der Waals surface area contributed by atoms with E-state index in [1.807, 2.05) is 24.3 Å². The summed E-state index contributed by atoms with van der Waals surface area (Å²) in [5, 5.41) is 8.93. The number of hydrogen-bond acceptors (Lipinski definition) is 5. The van der Waals surface area contributed by atoms with Crippen LogP contribution in [0.3, 0.4) is 0 Å². The number of benzene rings is 3. The van der Waals surface area contributed by atoms with E-state index in [0.29, 0.717) is 19.0 Å². The smallest absolute Gasteiger partial charge is 0.225 e. The maximum absolute atomic E-state index is 13.2. The fourth-order valence-electron chi connectivity index (χ4n) is 3.37. The second-order valence-electron chi connectivity index (χ2n) is 7.00. The van der Waals surface area contributed by atoms with Gasteiger partial charge in [-0.2, -0.15) is 4.98 Å². The molecule has 0 atom stereocenters. The van der Waals surface area contributed by atoms with Gasteiger partial charge in [0.2, 0.25) is 5.95 Å². The fraction of sp³-hybridized carbons (Fsp3) is 0.0833. The molecule has 4 nitrogen and oxygen atoms in total. The highest BCUT2D eigenvalue weighted by Gasteiger charge is 2.09. The number of rotatable bonds is 6. The maximum Gasteiger partial charge on any atom is 0.225 e. The van der Waals surface area contributed by atoms with E-state index in [-0.39, 0.29) is 5.82 Å². The lowest BCUT2D eigenvalue weighted by Crippen LogP contribution is -2.07. The molecule has 30 heavy (non-hydrogen) atoms. The molecular formula is C24H19FN4S. The minimum Gasteiger partial charge on any atom is -0.365 e. The van der Waals surface area contributed by atoms with Gasteiger partial charge in [-0.3, -0.25) is 0 Å². The topological polar surface area (TPSA) is 49.8 Å². The van der Waals surface area contributed by atoms with Crippen LogP contribution in [0.5, 0.6) is 0 Å². The third-order valence-electron chi connectivity index (χ3n) is 4.87. The molecule has 0 aliphatic heterocycles. The van der Waals surface area contributed by atoms with Gasteiger partial charge in [0.25, 0.3) is 0 Å². The summed E-state index contributed by atoms with van der Waals surface area (Å²) in [6.07, 6.45) is 0. The molecule has 0 aliphatic carbocycles. The molecule has 148 valence electrons. The molecule has 0 unspecified atom stereocenters. The summed E-state index contributed by atoms with van der Waals surface area (Å²) >= 11 is 1.77. The first-order valence-electron chi connectivity index (χ1n) is 9.71. The predicted octanol–water partition coefficient (Wildman–Crippen LogP) is 6.21. The summed E-state index contributed by atoms with van der Waals surface area (Å²) in [7, 11) is 0. The van der Waals surface area contributed by atoms with Crippen LogP contribution in [0.15, 0.2) is 78.9 Å². The number of nitrogens with zero attached hydrogens (tertiary/aromatic N) is 2. The minimum atomic E-state index is -0.237. The molecule has 5 rings (SSSR count). The van der Waals surface area contributed by atoms with Gasteiger partial charge in [-0.25, -0.2) is 9.37 Å². The number of halogens is 1. The van der Waals surface area contributed by atoms with Crippen LogP contribution in [0.4, 0.5) is 16.2 Å². The summed E-state index contributed by atoms with van der Waals surface area (Å²) in [4.78, 5) is 10.6. The number of para-hydroxylation sites is 1. The summed E-state index contributed by atoms with van der Waals surface area (Å²) in [6, 6.07) is 24.9. The maximum atomic E-state index is 13.2. The molecule has 3 aromatic carbocycles. The molecule has 2 aromatic heterocycles. The SMILES string of the molecule is Fc1ccc(CNc2nc(NCc3cc4ccccc4s3)nc3ccccc23)cc1. The number of aromatic nitrogens is 2. The molecule has 0 amide bonds. The van der Waals surface area contributed by atoms with E-state index >= 15 is 0 Å². The lowest BCUT2D eigenvalue weighted by Gasteiger charge is -2.12. The molecule has 2 N–H and O–H groups in total. The molecule has 0 saturated carbocycles. The molecule has 0 saturated heterocycles. The summed E-state index contributed by atoms with van der Waals surface area (Å²) in [6.45, 7) is 1.21. The number of anilines is 2. The monoisotopic (exact) mass is 414 g/mol. The average molecular weight is 415 g/mol. The molecule has 0 aliphatic rings. The predicted molar refractivity (Wildman–Crippen MR) is 122 cm³/mol. The van der Waals surface area contributed by atoms with E-state index in [9.17, 15) is 4.39 Å². The van der Waals surface area contributed by atoms with Crippen molar-refractivity contribution < 1.29 is 4.39 Å². The highest BCUT2D eigenvalue weighted by molar-refractivity contribution is 7.19. The Balaban J connectivity index is 1.38. The van der Waals surface area contributed by atoms with Gasteiger partial charge >= 0.3 is 0 Å². The number of nitrogens with one attached hydrogen (secondary N) is 2. The molecule has 6 heteroatoms. The van der Waals surface area contributed by atoms with Crippen LogP contribution in [0.25, 0.3) is 21.0 Å². The lowest BCUT2D eigenvalue weighted by molar-refractivity contribution is 0.627. The fourth-order valence-corrected chi connectivity index (χ4v) is 4.37. The van der Waals surface area contributed by atoms with Crippen molar-refractivity contribution in [3.8, 4) is 0 Å². The zero-order chi connectivity index (χ0) is 20.3. The quantitative estimate of drug-likeness (QED) is 0.347. The summed E-state index contributed by atoms with van der Waals surface area (Å²) < 4.78 is 14.4. The van der Waals surface area contributed by atoms with E-state index in [0.717, 1.165) is 22.3 Å². The number of fused-ring (bicyclic) bond motifs is 2. The van der Waals surface area contributed by atoms with E-state index in [4.69, 9.17) is 4.98 Å². The van der Waals surface area contributed by atoms with Crippen LogP contribution < -0.4 is 10.6 Å². The second-order valence-corrected chi connectivity index (χ2v) is 8.17. The van der Waals surface area contributed by atoms with Gasteiger partial charge in [-0.05, 0) is 47.3 Å². The van der Waals surface area contributed by atoms with Crippen LogP contribution in [-0.4, -0.2) is 9.97 Å². The summed E-state index contributed by atoms with van der Waals surface area (Å²) in [5.74, 6) is 1.09.